The molecule has 4 rings (SSSR count). The van der Waals surface area contributed by atoms with Crippen molar-refractivity contribution >= 4 is 5.91 Å². The summed E-state index contributed by atoms with van der Waals surface area (Å²) >= 11 is 0. The van der Waals surface area contributed by atoms with Crippen LogP contribution in [0.5, 0.6) is 0 Å². The first-order valence-corrected chi connectivity index (χ1v) is 7.87. The molecule has 1 saturated heterocycles. The number of rotatable bonds is 5. The second kappa shape index (κ2) is 5.10. The number of hydrogen-bond donors (Lipinski definition) is 2. The fourth-order valence-corrected chi connectivity index (χ4v) is 3.19. The number of hydrogen-bond acceptors (Lipinski definition) is 5. The number of aliphatic hydroxyl groups excluding tert-OH is 1. The first kappa shape index (κ1) is 13.3. The first-order valence-electron chi connectivity index (χ1n) is 7.87. The SMILES string of the molecule is O=C(NC1CN(C2CC2)CC1CO)c1cc(C2CC2)on1. The molecule has 0 bridgehead atoms. The first-order chi connectivity index (χ1) is 10.2. The zero-order valence-electron chi connectivity index (χ0n) is 12.0. The van der Waals surface area contributed by atoms with Gasteiger partial charge in [0, 0.05) is 49.7 Å². The largest absolute Gasteiger partial charge is 0.396 e. The lowest BCUT2D eigenvalue weighted by Gasteiger charge is -2.17. The van der Waals surface area contributed by atoms with Crippen molar-refractivity contribution in [2.75, 3.05) is 19.7 Å². The Balaban J connectivity index is 1.40. The molecule has 6 heteroatoms. The van der Waals surface area contributed by atoms with Gasteiger partial charge in [-0.3, -0.25) is 9.69 Å². The molecule has 3 fully saturated rings. The van der Waals surface area contributed by atoms with E-state index in [1.807, 2.05) is 0 Å². The highest BCUT2D eigenvalue weighted by atomic mass is 16.5. The molecule has 1 aromatic rings. The Morgan fingerprint density at radius 2 is 2.19 bits per heavy atom. The maximum Gasteiger partial charge on any atom is 0.273 e. The van der Waals surface area contributed by atoms with Crippen molar-refractivity contribution in [1.29, 1.82) is 0 Å². The maximum atomic E-state index is 12.3. The molecule has 6 nitrogen and oxygen atoms in total. The van der Waals surface area contributed by atoms with Crippen LogP contribution in [0.25, 0.3) is 0 Å². The fraction of sp³-hybridized carbons (Fsp3) is 0.733. The summed E-state index contributed by atoms with van der Waals surface area (Å²) in [6, 6.07) is 2.42. The second-order valence-electron chi connectivity index (χ2n) is 6.60. The van der Waals surface area contributed by atoms with E-state index in [1.165, 1.54) is 12.8 Å². The van der Waals surface area contributed by atoms with Crippen LogP contribution in [-0.4, -0.2) is 52.9 Å². The molecule has 2 aliphatic carbocycles. The van der Waals surface area contributed by atoms with Crippen molar-refractivity contribution in [3.05, 3.63) is 17.5 Å². The summed E-state index contributed by atoms with van der Waals surface area (Å²) in [6.45, 7) is 1.81. The molecule has 2 heterocycles. The van der Waals surface area contributed by atoms with Crippen LogP contribution in [0.4, 0.5) is 0 Å². The van der Waals surface area contributed by atoms with E-state index >= 15 is 0 Å². The molecule has 2 unspecified atom stereocenters. The van der Waals surface area contributed by atoms with Gasteiger partial charge >= 0.3 is 0 Å². The Kier molecular flexibility index (Phi) is 3.23. The van der Waals surface area contributed by atoms with E-state index in [1.54, 1.807) is 6.07 Å². The highest BCUT2D eigenvalue weighted by molar-refractivity contribution is 5.92. The number of carbonyl (C=O) groups is 1. The molecule has 2 N–H and O–H groups in total. The van der Waals surface area contributed by atoms with Crippen LogP contribution in [-0.2, 0) is 0 Å². The molecule has 21 heavy (non-hydrogen) atoms. The third kappa shape index (κ3) is 2.70. The Morgan fingerprint density at radius 3 is 2.86 bits per heavy atom. The lowest BCUT2D eigenvalue weighted by Crippen LogP contribution is -2.41. The number of likely N-dealkylation sites (tertiary alicyclic amines) is 1. The van der Waals surface area contributed by atoms with Crippen LogP contribution >= 0.6 is 0 Å². The van der Waals surface area contributed by atoms with Crippen LogP contribution in [0.15, 0.2) is 10.6 Å². The summed E-state index contributed by atoms with van der Waals surface area (Å²) in [4.78, 5) is 14.7. The quantitative estimate of drug-likeness (QED) is 0.836. The third-order valence-electron chi connectivity index (χ3n) is 4.82. The number of aliphatic hydroxyl groups is 1. The standard InChI is InChI=1S/C15H21N3O3/c19-8-10-6-18(11-3-4-11)7-13(10)16-15(20)12-5-14(21-17-12)9-1-2-9/h5,9-11,13,19H,1-4,6-8H2,(H,16,20). The molecular weight excluding hydrogens is 270 g/mol. The number of aromatic nitrogens is 1. The van der Waals surface area contributed by atoms with Crippen LogP contribution in [0.3, 0.4) is 0 Å². The van der Waals surface area contributed by atoms with Crippen LogP contribution in [0.2, 0.25) is 0 Å². The van der Waals surface area contributed by atoms with E-state index in [0.717, 1.165) is 31.7 Å². The Morgan fingerprint density at radius 1 is 1.38 bits per heavy atom. The minimum Gasteiger partial charge on any atom is -0.396 e. The van der Waals surface area contributed by atoms with Gasteiger partial charge in [0.25, 0.3) is 5.91 Å². The van der Waals surface area contributed by atoms with Crippen LogP contribution in [0.1, 0.15) is 47.8 Å². The summed E-state index contributed by atoms with van der Waals surface area (Å²) in [5.74, 6) is 1.21. The normalized spacial score (nSPS) is 29.8. The van der Waals surface area contributed by atoms with E-state index in [4.69, 9.17) is 4.52 Å². The predicted octanol–water partition coefficient (Wildman–Crippen LogP) is 0.737. The molecule has 2 saturated carbocycles. The average molecular weight is 291 g/mol. The topological polar surface area (TPSA) is 78.6 Å². The molecule has 2 atom stereocenters. The third-order valence-corrected chi connectivity index (χ3v) is 4.82. The molecule has 1 aromatic heterocycles. The maximum absolute atomic E-state index is 12.3. The molecule has 114 valence electrons. The van der Waals surface area contributed by atoms with Gasteiger partial charge in [0.2, 0.25) is 0 Å². The number of amides is 1. The Bertz CT molecular complexity index is 536. The van der Waals surface area contributed by atoms with Gasteiger partial charge in [0.05, 0.1) is 0 Å². The van der Waals surface area contributed by atoms with E-state index < -0.39 is 0 Å². The molecule has 0 radical (unpaired) electrons. The molecule has 3 aliphatic rings. The smallest absolute Gasteiger partial charge is 0.273 e. The summed E-state index contributed by atoms with van der Waals surface area (Å²) < 4.78 is 5.23. The average Bonchev–Trinajstić information content (AvgIpc) is 3.42. The molecule has 0 aromatic carbocycles. The van der Waals surface area contributed by atoms with E-state index in [9.17, 15) is 9.90 Å². The lowest BCUT2D eigenvalue weighted by atomic mass is 10.1. The van der Waals surface area contributed by atoms with Gasteiger partial charge in [-0.2, -0.15) is 0 Å². The van der Waals surface area contributed by atoms with Gasteiger partial charge in [-0.25, -0.2) is 0 Å². The summed E-state index contributed by atoms with van der Waals surface area (Å²) in [6.07, 6.45) is 4.74. The number of carbonyl (C=O) groups excluding carboxylic acids is 1. The van der Waals surface area contributed by atoms with Crippen molar-refractivity contribution in [1.82, 2.24) is 15.4 Å². The zero-order valence-corrected chi connectivity index (χ0v) is 12.0. The van der Waals surface area contributed by atoms with Crippen molar-refractivity contribution in [2.45, 2.75) is 43.7 Å². The van der Waals surface area contributed by atoms with Gasteiger partial charge in [-0.05, 0) is 25.7 Å². The predicted molar refractivity (Wildman–Crippen MR) is 74.9 cm³/mol. The molecule has 0 spiro atoms. The Labute approximate surface area is 123 Å². The number of nitrogens with zero attached hydrogens (tertiary/aromatic N) is 2. The van der Waals surface area contributed by atoms with Gasteiger partial charge < -0.3 is 14.9 Å². The summed E-state index contributed by atoms with van der Waals surface area (Å²) in [5, 5.41) is 16.4. The summed E-state index contributed by atoms with van der Waals surface area (Å²) in [5.41, 5.74) is 0.360. The van der Waals surface area contributed by atoms with Crippen molar-refractivity contribution in [3.63, 3.8) is 0 Å². The monoisotopic (exact) mass is 291 g/mol. The minimum atomic E-state index is -0.188. The van der Waals surface area contributed by atoms with E-state index in [-0.39, 0.29) is 24.5 Å². The molecule has 1 amide bonds. The van der Waals surface area contributed by atoms with Crippen molar-refractivity contribution in [2.24, 2.45) is 5.92 Å². The fourth-order valence-electron chi connectivity index (χ4n) is 3.19. The van der Waals surface area contributed by atoms with Gasteiger partial charge in [0.15, 0.2) is 5.69 Å². The Hall–Kier alpha value is -1.40. The molecule has 1 aliphatic heterocycles. The van der Waals surface area contributed by atoms with Crippen molar-refractivity contribution < 1.29 is 14.4 Å². The summed E-state index contributed by atoms with van der Waals surface area (Å²) in [7, 11) is 0. The van der Waals surface area contributed by atoms with E-state index in [2.05, 4.69) is 15.4 Å². The van der Waals surface area contributed by atoms with Crippen molar-refractivity contribution in [3.8, 4) is 0 Å². The second-order valence-corrected chi connectivity index (χ2v) is 6.60. The lowest BCUT2D eigenvalue weighted by molar-refractivity contribution is 0.0912. The zero-order chi connectivity index (χ0) is 14.4. The van der Waals surface area contributed by atoms with E-state index in [0.29, 0.717) is 17.7 Å². The van der Waals surface area contributed by atoms with Crippen LogP contribution in [0, 0.1) is 5.92 Å². The minimum absolute atomic E-state index is 0.00387. The van der Waals surface area contributed by atoms with Gasteiger partial charge in [-0.1, -0.05) is 5.16 Å². The molecular formula is C15H21N3O3. The van der Waals surface area contributed by atoms with Gasteiger partial charge in [-0.15, -0.1) is 0 Å². The van der Waals surface area contributed by atoms with Gasteiger partial charge in [0.1, 0.15) is 5.76 Å². The van der Waals surface area contributed by atoms with Crippen LogP contribution < -0.4 is 5.32 Å². The number of nitrogens with one attached hydrogen (secondary N) is 1. The highest BCUT2D eigenvalue weighted by Crippen LogP contribution is 2.40. The highest BCUT2D eigenvalue weighted by Gasteiger charge is 2.40.